The molecule has 0 spiro atoms. The number of carbonyl (C=O) groups is 1. The van der Waals surface area contributed by atoms with Gasteiger partial charge in [0.05, 0.1) is 4.92 Å². The first kappa shape index (κ1) is 19.3. The van der Waals surface area contributed by atoms with E-state index in [1.807, 2.05) is 19.1 Å². The Morgan fingerprint density at radius 2 is 2.07 bits per heavy atom. The molecular weight excluding hydrogens is 366 g/mol. The van der Waals surface area contributed by atoms with Crippen LogP contribution < -0.4 is 5.63 Å². The van der Waals surface area contributed by atoms with Gasteiger partial charge in [0.1, 0.15) is 30.1 Å². The predicted octanol–water partition coefficient (Wildman–Crippen LogP) is 2.82. The first-order valence-electron chi connectivity index (χ1n) is 8.69. The Morgan fingerprint density at radius 1 is 1.32 bits per heavy atom. The van der Waals surface area contributed by atoms with Gasteiger partial charge in [0.25, 0.3) is 0 Å². The van der Waals surface area contributed by atoms with Crippen LogP contribution in [-0.2, 0) is 29.1 Å². The summed E-state index contributed by atoms with van der Waals surface area (Å²) in [6, 6.07) is 6.82. The van der Waals surface area contributed by atoms with Crippen LogP contribution >= 0.6 is 0 Å². The molecule has 28 heavy (non-hydrogen) atoms. The molecule has 2 aromatic heterocycles. The smallest absolute Gasteiger partial charge is 0.336 e. The molecule has 146 valence electrons. The molecule has 0 aliphatic carbocycles. The highest BCUT2D eigenvalue weighted by molar-refractivity contribution is 5.81. The van der Waals surface area contributed by atoms with Crippen molar-refractivity contribution in [2.75, 3.05) is 0 Å². The molecule has 0 bridgehead atoms. The fraction of sp³-hybridized carbons (Fsp3) is 0.316. The first-order chi connectivity index (χ1) is 13.3. The van der Waals surface area contributed by atoms with E-state index in [2.05, 4.69) is 5.10 Å². The van der Waals surface area contributed by atoms with Crippen molar-refractivity contribution in [2.45, 2.75) is 40.3 Å². The van der Waals surface area contributed by atoms with Crippen molar-refractivity contribution in [3.63, 3.8) is 0 Å². The molecule has 0 aliphatic rings. The van der Waals surface area contributed by atoms with Gasteiger partial charge < -0.3 is 9.15 Å². The van der Waals surface area contributed by atoms with E-state index in [9.17, 15) is 19.7 Å². The summed E-state index contributed by atoms with van der Waals surface area (Å²) in [5.41, 5.74) is 1.85. The van der Waals surface area contributed by atoms with Crippen molar-refractivity contribution in [1.82, 2.24) is 9.78 Å². The highest BCUT2D eigenvalue weighted by atomic mass is 16.6. The zero-order valence-corrected chi connectivity index (χ0v) is 15.7. The van der Waals surface area contributed by atoms with E-state index < -0.39 is 16.5 Å². The third kappa shape index (κ3) is 3.78. The van der Waals surface area contributed by atoms with Gasteiger partial charge in [-0.15, -0.1) is 0 Å². The van der Waals surface area contributed by atoms with Crippen LogP contribution in [0.5, 0.6) is 0 Å². The summed E-state index contributed by atoms with van der Waals surface area (Å²) in [4.78, 5) is 34.5. The Hall–Kier alpha value is -3.49. The zero-order chi connectivity index (χ0) is 20.4. The average Bonchev–Trinajstić information content (AvgIpc) is 2.92. The first-order valence-corrected chi connectivity index (χ1v) is 8.69. The fourth-order valence-corrected chi connectivity index (χ4v) is 3.05. The lowest BCUT2D eigenvalue weighted by Gasteiger charge is -2.08. The van der Waals surface area contributed by atoms with Crippen LogP contribution in [0.2, 0.25) is 0 Å². The molecule has 9 heteroatoms. The Labute approximate surface area is 159 Å². The van der Waals surface area contributed by atoms with Gasteiger partial charge in [0.15, 0.2) is 0 Å². The third-order valence-corrected chi connectivity index (χ3v) is 4.50. The van der Waals surface area contributed by atoms with E-state index >= 15 is 0 Å². The summed E-state index contributed by atoms with van der Waals surface area (Å²) in [5, 5.41) is 15.8. The molecule has 3 rings (SSSR count). The van der Waals surface area contributed by atoms with Crippen molar-refractivity contribution in [2.24, 2.45) is 0 Å². The van der Waals surface area contributed by atoms with Crippen LogP contribution in [0.4, 0.5) is 5.69 Å². The Morgan fingerprint density at radius 3 is 2.71 bits per heavy atom. The summed E-state index contributed by atoms with van der Waals surface area (Å²) >= 11 is 0. The number of nitrogens with zero attached hydrogens (tertiary/aromatic N) is 3. The van der Waals surface area contributed by atoms with Crippen LogP contribution in [0.3, 0.4) is 0 Å². The van der Waals surface area contributed by atoms with Crippen LogP contribution in [0, 0.1) is 24.0 Å². The van der Waals surface area contributed by atoms with Crippen LogP contribution in [0.1, 0.15) is 29.4 Å². The molecular formula is C19H19N3O6. The average molecular weight is 385 g/mol. The number of esters is 1. The monoisotopic (exact) mass is 385 g/mol. The van der Waals surface area contributed by atoms with Gasteiger partial charge in [-0.05, 0) is 31.9 Å². The van der Waals surface area contributed by atoms with Crippen LogP contribution in [-0.4, -0.2) is 20.7 Å². The van der Waals surface area contributed by atoms with Gasteiger partial charge in [0, 0.05) is 17.0 Å². The van der Waals surface area contributed by atoms with Gasteiger partial charge in [-0.1, -0.05) is 19.1 Å². The van der Waals surface area contributed by atoms with E-state index in [-0.39, 0.29) is 30.2 Å². The second-order valence-electron chi connectivity index (χ2n) is 6.37. The maximum atomic E-state index is 12.2. The van der Waals surface area contributed by atoms with Gasteiger partial charge in [0.2, 0.25) is 0 Å². The van der Waals surface area contributed by atoms with Gasteiger partial charge in [-0.25, -0.2) is 4.79 Å². The largest absolute Gasteiger partial charge is 0.459 e. The third-order valence-electron chi connectivity index (χ3n) is 4.50. The Bertz CT molecular complexity index is 1130. The van der Waals surface area contributed by atoms with Crippen molar-refractivity contribution in [3.05, 3.63) is 67.3 Å². The zero-order valence-electron chi connectivity index (χ0n) is 15.7. The summed E-state index contributed by atoms with van der Waals surface area (Å²) in [7, 11) is 0. The van der Waals surface area contributed by atoms with Crippen LogP contribution in [0.25, 0.3) is 11.0 Å². The quantitative estimate of drug-likeness (QED) is 0.277. The predicted molar refractivity (Wildman–Crippen MR) is 100 cm³/mol. The molecule has 0 unspecified atom stereocenters. The summed E-state index contributed by atoms with van der Waals surface area (Å²) in [5.74, 6) is -0.618. The highest BCUT2D eigenvalue weighted by Gasteiger charge is 2.23. The topological polar surface area (TPSA) is 117 Å². The standard InChI is InChI=1S/C19H19N3O6/c1-4-13-5-6-15-14(8-17(23)28-16(15)7-13)10-27-18(24)9-21-12(3)19(22(25)26)11(2)20-21/h5-8H,4,9-10H2,1-3H3. The SMILES string of the molecule is CCc1ccc2c(COC(=O)Cn3nc(C)c([N+](=O)[O-])c3C)cc(=O)oc2c1. The highest BCUT2D eigenvalue weighted by Crippen LogP contribution is 2.22. The number of aromatic nitrogens is 2. The van der Waals surface area contributed by atoms with E-state index in [1.54, 1.807) is 6.07 Å². The molecule has 0 radical (unpaired) electrons. The number of carbonyl (C=O) groups excluding carboxylic acids is 1. The number of nitro groups is 1. The molecule has 3 aromatic rings. The number of hydrogen-bond donors (Lipinski definition) is 0. The second-order valence-corrected chi connectivity index (χ2v) is 6.37. The number of benzene rings is 1. The number of rotatable bonds is 6. The number of hydrogen-bond acceptors (Lipinski definition) is 7. The molecule has 0 N–H and O–H groups in total. The van der Waals surface area contributed by atoms with E-state index in [4.69, 9.17) is 9.15 Å². The van der Waals surface area contributed by atoms with E-state index in [0.717, 1.165) is 12.0 Å². The molecule has 9 nitrogen and oxygen atoms in total. The van der Waals surface area contributed by atoms with Crippen molar-refractivity contribution < 1.29 is 18.9 Å². The number of ether oxygens (including phenoxy) is 1. The summed E-state index contributed by atoms with van der Waals surface area (Å²) < 4.78 is 11.7. The molecule has 0 saturated carbocycles. The van der Waals surface area contributed by atoms with Gasteiger partial charge in [-0.3, -0.25) is 19.6 Å². The molecule has 0 saturated heterocycles. The normalized spacial score (nSPS) is 11.0. The minimum absolute atomic E-state index is 0.117. The lowest BCUT2D eigenvalue weighted by atomic mass is 10.1. The Balaban J connectivity index is 1.77. The number of fused-ring (bicyclic) bond motifs is 1. The van der Waals surface area contributed by atoms with Crippen molar-refractivity contribution in [1.29, 1.82) is 0 Å². The maximum absolute atomic E-state index is 12.2. The fourth-order valence-electron chi connectivity index (χ4n) is 3.05. The molecule has 2 heterocycles. The molecule has 0 amide bonds. The minimum atomic E-state index is -0.618. The minimum Gasteiger partial charge on any atom is -0.459 e. The van der Waals surface area contributed by atoms with Crippen molar-refractivity contribution in [3.8, 4) is 0 Å². The van der Waals surface area contributed by atoms with Gasteiger partial charge in [-0.2, -0.15) is 5.10 Å². The second kappa shape index (κ2) is 7.63. The number of aryl methyl sites for hydroxylation is 2. The summed E-state index contributed by atoms with van der Waals surface area (Å²) in [6.07, 6.45) is 0.799. The lowest BCUT2D eigenvalue weighted by molar-refractivity contribution is -0.386. The van der Waals surface area contributed by atoms with E-state index in [0.29, 0.717) is 16.5 Å². The maximum Gasteiger partial charge on any atom is 0.336 e. The molecule has 0 aliphatic heterocycles. The van der Waals surface area contributed by atoms with Gasteiger partial charge >= 0.3 is 17.3 Å². The molecule has 0 fully saturated rings. The molecule has 0 atom stereocenters. The lowest BCUT2D eigenvalue weighted by Crippen LogP contribution is -2.16. The molecule has 1 aromatic carbocycles. The Kier molecular flexibility index (Phi) is 5.25. The van der Waals surface area contributed by atoms with E-state index in [1.165, 1.54) is 24.6 Å². The summed E-state index contributed by atoms with van der Waals surface area (Å²) in [6.45, 7) is 4.64. The van der Waals surface area contributed by atoms with Crippen molar-refractivity contribution >= 4 is 22.6 Å². The van der Waals surface area contributed by atoms with Crippen LogP contribution in [0.15, 0.2) is 33.5 Å².